The van der Waals surface area contributed by atoms with E-state index in [1.807, 2.05) is 37.3 Å². The number of hydrogen-bond donors (Lipinski definition) is 1. The van der Waals surface area contributed by atoms with Gasteiger partial charge in [-0.25, -0.2) is 0 Å². The van der Waals surface area contributed by atoms with E-state index in [1.54, 1.807) is 7.11 Å². The van der Waals surface area contributed by atoms with Gasteiger partial charge in [-0.2, -0.15) is 0 Å². The number of nitrogens with zero attached hydrogens (tertiary/aromatic N) is 1. The Kier molecular flexibility index (Phi) is 4.12. The topological polar surface area (TPSA) is 51.6 Å². The molecule has 0 aliphatic carbocycles. The number of pyridine rings is 1. The molecule has 1 heterocycles. The maximum Gasteiger partial charge on any atom is 0.128 e. The van der Waals surface area contributed by atoms with Gasteiger partial charge in [0.2, 0.25) is 0 Å². The Morgan fingerprint density at radius 1 is 1.22 bits per heavy atom. The van der Waals surface area contributed by atoms with Crippen molar-refractivity contribution in [2.45, 2.75) is 13.0 Å². The molecule has 0 unspecified atom stereocenters. The van der Waals surface area contributed by atoms with Gasteiger partial charge in [0.15, 0.2) is 0 Å². The van der Waals surface area contributed by atoms with Crippen LogP contribution < -0.4 is 4.74 Å². The van der Waals surface area contributed by atoms with Crippen molar-refractivity contribution in [3.8, 4) is 5.75 Å². The van der Waals surface area contributed by atoms with E-state index < -0.39 is 6.10 Å². The SMILES string of the molecule is COC[C@H](O)COc1cccc2nc(C)ccc12. The van der Waals surface area contributed by atoms with Crippen molar-refractivity contribution in [1.82, 2.24) is 4.98 Å². The van der Waals surface area contributed by atoms with Gasteiger partial charge in [0.1, 0.15) is 18.5 Å². The number of rotatable bonds is 5. The zero-order chi connectivity index (χ0) is 13.0. The quantitative estimate of drug-likeness (QED) is 0.877. The Morgan fingerprint density at radius 2 is 2.06 bits per heavy atom. The van der Waals surface area contributed by atoms with E-state index in [0.29, 0.717) is 0 Å². The minimum Gasteiger partial charge on any atom is -0.490 e. The number of ether oxygens (including phenoxy) is 2. The maximum atomic E-state index is 9.56. The number of methoxy groups -OCH3 is 1. The van der Waals surface area contributed by atoms with Crippen LogP contribution in [-0.2, 0) is 4.74 Å². The summed E-state index contributed by atoms with van der Waals surface area (Å²) >= 11 is 0. The van der Waals surface area contributed by atoms with Gasteiger partial charge in [-0.15, -0.1) is 0 Å². The van der Waals surface area contributed by atoms with Crippen LogP contribution in [-0.4, -0.2) is 36.5 Å². The smallest absolute Gasteiger partial charge is 0.128 e. The number of aliphatic hydroxyl groups is 1. The number of fused-ring (bicyclic) bond motifs is 1. The number of benzene rings is 1. The summed E-state index contributed by atoms with van der Waals surface area (Å²) in [6.45, 7) is 2.43. The number of aryl methyl sites for hydroxylation is 1. The van der Waals surface area contributed by atoms with Crippen molar-refractivity contribution < 1.29 is 14.6 Å². The predicted octanol–water partition coefficient (Wildman–Crippen LogP) is 1.93. The second kappa shape index (κ2) is 5.80. The fourth-order valence-corrected chi connectivity index (χ4v) is 1.78. The summed E-state index contributed by atoms with van der Waals surface area (Å²) < 4.78 is 10.5. The average molecular weight is 247 g/mol. The van der Waals surface area contributed by atoms with Gasteiger partial charge >= 0.3 is 0 Å². The van der Waals surface area contributed by atoms with Crippen LogP contribution in [0.3, 0.4) is 0 Å². The van der Waals surface area contributed by atoms with Crippen LogP contribution in [0.4, 0.5) is 0 Å². The van der Waals surface area contributed by atoms with Gasteiger partial charge in [0.05, 0.1) is 12.1 Å². The van der Waals surface area contributed by atoms with Crippen LogP contribution in [0.5, 0.6) is 5.75 Å². The zero-order valence-corrected chi connectivity index (χ0v) is 10.6. The Balaban J connectivity index is 2.18. The summed E-state index contributed by atoms with van der Waals surface area (Å²) in [6.07, 6.45) is -0.622. The molecule has 1 N–H and O–H groups in total. The third-order valence-corrected chi connectivity index (χ3v) is 2.62. The molecule has 0 saturated heterocycles. The highest BCUT2D eigenvalue weighted by Gasteiger charge is 2.07. The molecule has 0 fully saturated rings. The molecule has 0 spiro atoms. The minimum atomic E-state index is -0.622. The Hall–Kier alpha value is -1.65. The Morgan fingerprint density at radius 3 is 2.83 bits per heavy atom. The van der Waals surface area contributed by atoms with E-state index >= 15 is 0 Å². The average Bonchev–Trinajstić information content (AvgIpc) is 2.36. The molecule has 0 saturated carbocycles. The zero-order valence-electron chi connectivity index (χ0n) is 10.6. The minimum absolute atomic E-state index is 0.209. The van der Waals surface area contributed by atoms with E-state index in [2.05, 4.69) is 4.98 Å². The van der Waals surface area contributed by atoms with Crippen LogP contribution in [0.15, 0.2) is 30.3 Å². The lowest BCUT2D eigenvalue weighted by Gasteiger charge is -2.13. The molecule has 0 aliphatic rings. The molecule has 0 radical (unpaired) electrons. The van der Waals surface area contributed by atoms with Crippen molar-refractivity contribution in [1.29, 1.82) is 0 Å². The Labute approximate surface area is 106 Å². The van der Waals surface area contributed by atoms with Gasteiger partial charge in [0.25, 0.3) is 0 Å². The fraction of sp³-hybridized carbons (Fsp3) is 0.357. The van der Waals surface area contributed by atoms with Gasteiger partial charge in [-0.05, 0) is 31.2 Å². The van der Waals surface area contributed by atoms with Crippen LogP contribution in [0, 0.1) is 6.92 Å². The van der Waals surface area contributed by atoms with E-state index in [4.69, 9.17) is 9.47 Å². The molecule has 2 aromatic rings. The van der Waals surface area contributed by atoms with E-state index in [0.717, 1.165) is 22.3 Å². The highest BCUT2D eigenvalue weighted by atomic mass is 16.5. The van der Waals surface area contributed by atoms with Crippen LogP contribution >= 0.6 is 0 Å². The van der Waals surface area contributed by atoms with Crippen LogP contribution in [0.1, 0.15) is 5.69 Å². The molecular weight excluding hydrogens is 230 g/mol. The summed E-state index contributed by atoms with van der Waals surface area (Å²) in [6, 6.07) is 9.64. The van der Waals surface area contributed by atoms with Crippen LogP contribution in [0.25, 0.3) is 10.9 Å². The first-order valence-electron chi connectivity index (χ1n) is 5.87. The normalized spacial score (nSPS) is 12.6. The number of aromatic nitrogens is 1. The molecule has 1 atom stereocenters. The summed E-state index contributed by atoms with van der Waals surface area (Å²) in [5.41, 5.74) is 1.87. The molecule has 2 rings (SSSR count). The number of hydrogen-bond acceptors (Lipinski definition) is 4. The molecule has 1 aromatic heterocycles. The second-order valence-corrected chi connectivity index (χ2v) is 4.20. The molecule has 0 aliphatic heterocycles. The Bertz CT molecular complexity index is 527. The predicted molar refractivity (Wildman–Crippen MR) is 69.9 cm³/mol. The first kappa shape index (κ1) is 12.8. The summed E-state index contributed by atoms with van der Waals surface area (Å²) in [7, 11) is 1.55. The lowest BCUT2D eigenvalue weighted by molar-refractivity contribution is 0.0329. The van der Waals surface area contributed by atoms with Crippen molar-refractivity contribution in [3.63, 3.8) is 0 Å². The van der Waals surface area contributed by atoms with Gasteiger partial charge in [0, 0.05) is 18.2 Å². The lowest BCUT2D eigenvalue weighted by atomic mass is 10.2. The molecule has 96 valence electrons. The number of aliphatic hydroxyl groups excluding tert-OH is 1. The van der Waals surface area contributed by atoms with E-state index in [-0.39, 0.29) is 13.2 Å². The van der Waals surface area contributed by atoms with Crippen molar-refractivity contribution >= 4 is 10.9 Å². The molecule has 4 heteroatoms. The fourth-order valence-electron chi connectivity index (χ4n) is 1.78. The standard InChI is InChI=1S/C14H17NO3/c1-10-6-7-12-13(15-10)4-3-5-14(12)18-9-11(16)8-17-2/h3-7,11,16H,8-9H2,1-2H3/t11-/m0/s1. The largest absolute Gasteiger partial charge is 0.490 e. The molecule has 1 aromatic carbocycles. The lowest BCUT2D eigenvalue weighted by Crippen LogP contribution is -2.22. The highest BCUT2D eigenvalue weighted by molar-refractivity contribution is 5.85. The maximum absolute atomic E-state index is 9.56. The first-order valence-corrected chi connectivity index (χ1v) is 5.87. The first-order chi connectivity index (χ1) is 8.70. The van der Waals surface area contributed by atoms with Gasteiger partial charge < -0.3 is 14.6 Å². The summed E-state index contributed by atoms with van der Waals surface area (Å²) in [4.78, 5) is 4.43. The third kappa shape index (κ3) is 2.97. The molecule has 18 heavy (non-hydrogen) atoms. The van der Waals surface area contributed by atoms with Crippen LogP contribution in [0.2, 0.25) is 0 Å². The third-order valence-electron chi connectivity index (χ3n) is 2.62. The monoisotopic (exact) mass is 247 g/mol. The van der Waals surface area contributed by atoms with Gasteiger partial charge in [-0.3, -0.25) is 4.98 Å². The molecule has 4 nitrogen and oxygen atoms in total. The molecular formula is C14H17NO3. The van der Waals surface area contributed by atoms with Crippen molar-refractivity contribution in [3.05, 3.63) is 36.0 Å². The summed E-state index contributed by atoms with van der Waals surface area (Å²) in [5, 5.41) is 10.5. The summed E-state index contributed by atoms with van der Waals surface area (Å²) in [5.74, 6) is 0.732. The molecule has 0 amide bonds. The molecule has 0 bridgehead atoms. The van der Waals surface area contributed by atoms with Crippen molar-refractivity contribution in [2.24, 2.45) is 0 Å². The van der Waals surface area contributed by atoms with Gasteiger partial charge in [-0.1, -0.05) is 6.07 Å². The van der Waals surface area contributed by atoms with E-state index in [9.17, 15) is 5.11 Å². The highest BCUT2D eigenvalue weighted by Crippen LogP contribution is 2.24. The van der Waals surface area contributed by atoms with E-state index in [1.165, 1.54) is 0 Å². The van der Waals surface area contributed by atoms with Crippen molar-refractivity contribution in [2.75, 3.05) is 20.3 Å². The second-order valence-electron chi connectivity index (χ2n) is 4.20.